The van der Waals surface area contributed by atoms with Gasteiger partial charge in [0.15, 0.2) is 16.8 Å². The Bertz CT molecular complexity index is 1240. The number of para-hydroxylation sites is 1. The van der Waals surface area contributed by atoms with E-state index in [4.69, 9.17) is 11.6 Å². The summed E-state index contributed by atoms with van der Waals surface area (Å²) < 4.78 is 57.5. The molecule has 0 aliphatic rings. The van der Waals surface area contributed by atoms with Crippen molar-refractivity contribution in [3.8, 4) is 5.82 Å². The maximum atomic E-state index is 13.0. The summed E-state index contributed by atoms with van der Waals surface area (Å²) in [6.07, 6.45) is 0.584. The van der Waals surface area contributed by atoms with Crippen LogP contribution in [-0.2, 0) is 24.2 Å². The van der Waals surface area contributed by atoms with Crippen LogP contribution < -0.4 is 4.72 Å². The maximum absolute atomic E-state index is 13.0. The van der Waals surface area contributed by atoms with Crippen LogP contribution in [0.25, 0.3) is 16.7 Å². The molecule has 0 amide bonds. The summed E-state index contributed by atoms with van der Waals surface area (Å²) in [5.74, 6) is -0.0984. The molecule has 0 bridgehead atoms. The highest BCUT2D eigenvalue weighted by molar-refractivity contribution is 7.86. The molecule has 4 aromatic rings. The molecule has 0 spiro atoms. The lowest BCUT2D eigenvalue weighted by molar-refractivity contribution is -0.137. The van der Waals surface area contributed by atoms with Gasteiger partial charge in [0.25, 0.3) is 0 Å². The molecule has 1 N–H and O–H groups in total. The normalized spacial score (nSPS) is 13.0. The van der Waals surface area contributed by atoms with E-state index in [0.717, 1.165) is 27.8 Å². The summed E-state index contributed by atoms with van der Waals surface area (Å²) in [7, 11) is 0.0497. The molecule has 1 aromatic carbocycles. The second kappa shape index (κ2) is 7.16. The average molecular weight is 441 g/mol. The maximum Gasteiger partial charge on any atom is 0.418 e. The van der Waals surface area contributed by atoms with Gasteiger partial charge < -0.3 is 0 Å². The van der Waals surface area contributed by atoms with E-state index >= 15 is 0 Å². The quantitative estimate of drug-likeness (QED) is 0.521. The number of nitrogens with zero attached hydrogens (tertiary/aromatic N) is 5. The molecule has 0 radical (unpaired) electrons. The lowest BCUT2D eigenvalue weighted by Gasteiger charge is -2.10. The summed E-state index contributed by atoms with van der Waals surface area (Å²) >= 11 is 5.59. The van der Waals surface area contributed by atoms with Crippen LogP contribution >= 0.6 is 11.6 Å². The van der Waals surface area contributed by atoms with Crippen molar-refractivity contribution >= 4 is 39.2 Å². The van der Waals surface area contributed by atoms with Crippen molar-refractivity contribution in [2.75, 3.05) is 4.72 Å². The number of alkyl halides is 3. The first kappa shape index (κ1) is 19.4. The molecule has 0 saturated heterocycles. The Kier molecular flexibility index (Phi) is 4.79. The van der Waals surface area contributed by atoms with Crippen molar-refractivity contribution in [2.24, 2.45) is 7.05 Å². The van der Waals surface area contributed by atoms with Gasteiger partial charge in [0.1, 0.15) is 0 Å². The Hall–Kier alpha value is -2.92. The molecule has 7 nitrogen and oxygen atoms in total. The number of fused-ring (bicyclic) bond motifs is 1. The van der Waals surface area contributed by atoms with E-state index in [9.17, 15) is 17.4 Å². The van der Waals surface area contributed by atoms with Crippen molar-refractivity contribution in [2.45, 2.75) is 11.1 Å². The van der Waals surface area contributed by atoms with Gasteiger partial charge in [-0.05, 0) is 12.1 Å². The molecule has 3 heterocycles. The van der Waals surface area contributed by atoms with E-state index < -0.39 is 27.7 Å². The van der Waals surface area contributed by atoms with Crippen LogP contribution in [0.5, 0.6) is 0 Å². The standard InChI is InChI=1S/C17H12ClF3N6OS/c1-26-16-10(6-23-26)3-2-4-14(16)25-29(28)11-7-24-27(9-11)15-5-12(17(19,20)21)13(18)8-22-15/h2-9,25H,1H3. The number of benzene rings is 1. The van der Waals surface area contributed by atoms with Crippen molar-refractivity contribution in [1.82, 2.24) is 24.5 Å². The predicted molar refractivity (Wildman–Crippen MR) is 102 cm³/mol. The second-order valence-corrected chi connectivity index (χ2v) is 7.64. The molecule has 150 valence electrons. The van der Waals surface area contributed by atoms with Crippen LogP contribution in [0, 0.1) is 0 Å². The van der Waals surface area contributed by atoms with Crippen LogP contribution in [0.4, 0.5) is 18.9 Å². The molecule has 0 aliphatic carbocycles. The van der Waals surface area contributed by atoms with E-state index in [1.165, 1.54) is 12.4 Å². The zero-order valence-electron chi connectivity index (χ0n) is 14.7. The van der Waals surface area contributed by atoms with Crippen LogP contribution in [0.15, 0.2) is 53.9 Å². The Labute approximate surface area is 169 Å². The lowest BCUT2D eigenvalue weighted by atomic mass is 10.2. The zero-order valence-corrected chi connectivity index (χ0v) is 16.3. The zero-order chi connectivity index (χ0) is 20.8. The third-order valence-electron chi connectivity index (χ3n) is 4.12. The van der Waals surface area contributed by atoms with Gasteiger partial charge in [-0.15, -0.1) is 0 Å². The van der Waals surface area contributed by atoms with Crippen LogP contribution in [0.3, 0.4) is 0 Å². The molecule has 4 rings (SSSR count). The molecule has 0 fully saturated rings. The number of aryl methyl sites for hydroxylation is 1. The highest BCUT2D eigenvalue weighted by Gasteiger charge is 2.34. The topological polar surface area (TPSA) is 77.6 Å². The Morgan fingerprint density at radius 1 is 1.17 bits per heavy atom. The molecule has 12 heteroatoms. The highest BCUT2D eigenvalue weighted by Crippen LogP contribution is 2.35. The minimum Gasteiger partial charge on any atom is -0.299 e. The molecule has 29 heavy (non-hydrogen) atoms. The third-order valence-corrected chi connectivity index (χ3v) is 5.46. The number of pyridine rings is 1. The monoisotopic (exact) mass is 440 g/mol. The Morgan fingerprint density at radius 2 is 1.97 bits per heavy atom. The minimum absolute atomic E-state index is 0.0984. The molecular formula is C17H12ClF3N6OS. The molecule has 1 atom stereocenters. The smallest absolute Gasteiger partial charge is 0.299 e. The molecule has 0 aliphatic heterocycles. The lowest BCUT2D eigenvalue weighted by Crippen LogP contribution is -2.09. The van der Waals surface area contributed by atoms with Gasteiger partial charge in [0.2, 0.25) is 0 Å². The van der Waals surface area contributed by atoms with Crippen LogP contribution in [-0.4, -0.2) is 28.8 Å². The first-order valence-electron chi connectivity index (χ1n) is 8.11. The van der Waals surface area contributed by atoms with Gasteiger partial charge in [-0.25, -0.2) is 13.9 Å². The average Bonchev–Trinajstić information content (AvgIpc) is 3.29. The van der Waals surface area contributed by atoms with Gasteiger partial charge >= 0.3 is 6.18 Å². The second-order valence-electron chi connectivity index (χ2n) is 6.02. The van der Waals surface area contributed by atoms with Gasteiger partial charge in [0.05, 0.1) is 45.3 Å². The Morgan fingerprint density at radius 3 is 2.72 bits per heavy atom. The summed E-state index contributed by atoms with van der Waals surface area (Å²) in [6.45, 7) is 0. The van der Waals surface area contributed by atoms with Gasteiger partial charge in [0, 0.05) is 18.6 Å². The first-order chi connectivity index (χ1) is 13.7. The largest absolute Gasteiger partial charge is 0.418 e. The van der Waals surface area contributed by atoms with Gasteiger partial charge in [-0.3, -0.25) is 9.40 Å². The van der Waals surface area contributed by atoms with E-state index in [-0.39, 0.29) is 10.7 Å². The Balaban J connectivity index is 1.62. The van der Waals surface area contributed by atoms with Crippen molar-refractivity contribution in [1.29, 1.82) is 0 Å². The van der Waals surface area contributed by atoms with E-state index in [1.54, 1.807) is 30.1 Å². The summed E-state index contributed by atoms with van der Waals surface area (Å²) in [5.41, 5.74) is 0.336. The fourth-order valence-corrected chi connectivity index (χ4v) is 3.80. The first-order valence-corrected chi connectivity index (χ1v) is 9.64. The molecule has 1 unspecified atom stereocenters. The van der Waals surface area contributed by atoms with Crippen molar-refractivity contribution in [3.63, 3.8) is 0 Å². The van der Waals surface area contributed by atoms with E-state index in [1.807, 2.05) is 6.07 Å². The summed E-state index contributed by atoms with van der Waals surface area (Å²) in [4.78, 5) is 4.12. The molecule has 0 saturated carbocycles. The molecule has 3 aromatic heterocycles. The van der Waals surface area contributed by atoms with E-state index in [0.29, 0.717) is 5.69 Å². The summed E-state index contributed by atoms with van der Waals surface area (Å²) in [6, 6.07) is 6.21. The van der Waals surface area contributed by atoms with Gasteiger partial charge in [-0.2, -0.15) is 23.4 Å². The number of hydrogen-bond acceptors (Lipinski definition) is 4. The van der Waals surface area contributed by atoms with E-state index in [2.05, 4.69) is 19.9 Å². The molecular weight excluding hydrogens is 429 g/mol. The van der Waals surface area contributed by atoms with Crippen molar-refractivity contribution in [3.05, 3.63) is 59.6 Å². The number of nitrogens with one attached hydrogen (secondary N) is 1. The van der Waals surface area contributed by atoms with Crippen LogP contribution in [0.2, 0.25) is 5.02 Å². The minimum atomic E-state index is -4.63. The SMILES string of the molecule is Cn1ncc2cccc(NS(=O)c3cnn(-c4cc(C(F)(F)F)c(Cl)cn4)c3)c21. The highest BCUT2D eigenvalue weighted by atomic mass is 35.5. The fourth-order valence-electron chi connectivity index (χ4n) is 2.77. The number of anilines is 1. The van der Waals surface area contributed by atoms with Gasteiger partial charge in [-0.1, -0.05) is 23.7 Å². The predicted octanol–water partition coefficient (Wildman–Crippen LogP) is 3.96. The third kappa shape index (κ3) is 3.70. The number of aromatic nitrogens is 5. The fraction of sp³-hybridized carbons (Fsp3) is 0.118. The number of halogens is 4. The van der Waals surface area contributed by atoms with Crippen LogP contribution in [0.1, 0.15) is 5.56 Å². The number of rotatable bonds is 4. The number of hydrogen-bond donors (Lipinski definition) is 1. The summed E-state index contributed by atoms with van der Waals surface area (Å²) in [5, 5.41) is 8.49. The van der Waals surface area contributed by atoms with Crippen molar-refractivity contribution < 1.29 is 17.4 Å².